The van der Waals surface area contributed by atoms with Crippen molar-refractivity contribution in [2.45, 2.75) is 11.4 Å². The van der Waals surface area contributed by atoms with Gasteiger partial charge in [0.05, 0.1) is 17.7 Å². The van der Waals surface area contributed by atoms with Crippen LogP contribution in [0.3, 0.4) is 0 Å². The topological polar surface area (TPSA) is 128 Å². The van der Waals surface area contributed by atoms with Crippen LogP contribution in [0.25, 0.3) is 11.4 Å². The van der Waals surface area contributed by atoms with Crippen molar-refractivity contribution in [1.29, 1.82) is 0 Å². The van der Waals surface area contributed by atoms with Gasteiger partial charge >= 0.3 is 0 Å². The van der Waals surface area contributed by atoms with Gasteiger partial charge in [-0.15, -0.1) is 10.2 Å². The smallest absolute Gasteiger partial charge is 0.261 e. The highest BCUT2D eigenvalue weighted by molar-refractivity contribution is 7.92. The molecule has 4 rings (SSSR count). The number of aromatic nitrogens is 4. The van der Waals surface area contributed by atoms with Crippen molar-refractivity contribution in [2.24, 2.45) is 0 Å². The molecule has 0 radical (unpaired) electrons. The third-order valence-electron chi connectivity index (χ3n) is 4.65. The van der Waals surface area contributed by atoms with Gasteiger partial charge in [-0.1, -0.05) is 23.7 Å². The van der Waals surface area contributed by atoms with Crippen LogP contribution in [0.4, 0.5) is 11.4 Å². The van der Waals surface area contributed by atoms with Crippen LogP contribution in [0, 0.1) is 0 Å². The summed E-state index contributed by atoms with van der Waals surface area (Å²) in [6, 6.07) is 19.3. The maximum absolute atomic E-state index is 12.8. The molecule has 4 aromatic rings. The summed E-state index contributed by atoms with van der Waals surface area (Å²) in [5, 5.41) is 15.3. The number of anilines is 2. The summed E-state index contributed by atoms with van der Waals surface area (Å²) in [6.07, 6.45) is 0. The Hall–Kier alpha value is -3.96. The standard InChI is InChI=1S/C22H19ClN6O4S/c1-33-17-10-8-16(9-11-17)24-21(30)14-29-26-22(25-28-29)19-4-2-3-5-20(19)27-34(31,32)18-12-6-15(23)7-13-18/h2-13,27H,14H2,1H3,(H,24,30). The number of carbonyl (C=O) groups is 1. The second-order valence-corrected chi connectivity index (χ2v) is 9.14. The van der Waals surface area contributed by atoms with E-state index in [0.29, 0.717) is 22.0 Å². The normalized spacial score (nSPS) is 11.1. The highest BCUT2D eigenvalue weighted by Crippen LogP contribution is 2.27. The van der Waals surface area contributed by atoms with Crippen molar-refractivity contribution in [3.05, 3.63) is 77.8 Å². The number of hydrogen-bond acceptors (Lipinski definition) is 7. The predicted octanol–water partition coefficient (Wildman–Crippen LogP) is 3.44. The summed E-state index contributed by atoms with van der Waals surface area (Å²) >= 11 is 5.85. The second kappa shape index (κ2) is 9.89. The molecule has 1 aromatic heterocycles. The first-order valence-corrected chi connectivity index (χ1v) is 11.8. The monoisotopic (exact) mass is 498 g/mol. The quantitative estimate of drug-likeness (QED) is 0.380. The van der Waals surface area contributed by atoms with Crippen LogP contribution in [-0.4, -0.2) is 41.6 Å². The van der Waals surface area contributed by atoms with E-state index in [1.807, 2.05) is 0 Å². The van der Waals surface area contributed by atoms with E-state index in [0.717, 1.165) is 4.80 Å². The number of nitrogens with zero attached hydrogens (tertiary/aromatic N) is 4. The molecule has 0 atom stereocenters. The molecule has 1 amide bonds. The van der Waals surface area contributed by atoms with Gasteiger partial charge in [0.25, 0.3) is 10.0 Å². The zero-order chi connectivity index (χ0) is 24.1. The zero-order valence-electron chi connectivity index (χ0n) is 17.8. The number of ether oxygens (including phenoxy) is 1. The van der Waals surface area contributed by atoms with Gasteiger partial charge in [0.15, 0.2) is 0 Å². The Morgan fingerprint density at radius 1 is 1.03 bits per heavy atom. The fourth-order valence-electron chi connectivity index (χ4n) is 3.01. The fraction of sp³-hybridized carbons (Fsp3) is 0.0909. The van der Waals surface area contributed by atoms with Gasteiger partial charge in [-0.25, -0.2) is 8.42 Å². The number of benzene rings is 3. The molecule has 0 saturated carbocycles. The second-order valence-electron chi connectivity index (χ2n) is 7.03. The van der Waals surface area contributed by atoms with Crippen molar-refractivity contribution in [1.82, 2.24) is 20.2 Å². The lowest BCUT2D eigenvalue weighted by molar-refractivity contribution is -0.117. The molecule has 1 heterocycles. The summed E-state index contributed by atoms with van der Waals surface area (Å²) in [4.78, 5) is 13.5. The lowest BCUT2D eigenvalue weighted by atomic mass is 10.2. The number of rotatable bonds is 8. The average molecular weight is 499 g/mol. The molecule has 3 aromatic carbocycles. The molecule has 12 heteroatoms. The Kier molecular flexibility index (Phi) is 6.75. The minimum atomic E-state index is -3.88. The molecule has 0 saturated heterocycles. The van der Waals surface area contributed by atoms with Gasteiger partial charge in [0.1, 0.15) is 12.3 Å². The number of para-hydroxylation sites is 1. The molecule has 0 aliphatic heterocycles. The number of methoxy groups -OCH3 is 1. The van der Waals surface area contributed by atoms with Gasteiger partial charge in [-0.3, -0.25) is 9.52 Å². The van der Waals surface area contributed by atoms with Gasteiger partial charge in [-0.05, 0) is 65.9 Å². The lowest BCUT2D eigenvalue weighted by Gasteiger charge is -2.11. The molecule has 2 N–H and O–H groups in total. The molecule has 0 aliphatic rings. The van der Waals surface area contributed by atoms with Crippen LogP contribution in [0.1, 0.15) is 0 Å². The number of tetrazole rings is 1. The molecule has 10 nitrogen and oxygen atoms in total. The summed E-state index contributed by atoms with van der Waals surface area (Å²) in [6.45, 7) is -0.183. The molecule has 34 heavy (non-hydrogen) atoms. The van der Waals surface area contributed by atoms with Gasteiger partial charge in [-0.2, -0.15) is 4.80 Å². The number of sulfonamides is 1. The molecule has 0 fully saturated rings. The number of hydrogen-bond donors (Lipinski definition) is 2. The van der Waals surface area contributed by atoms with E-state index in [9.17, 15) is 13.2 Å². The number of amides is 1. The molecule has 0 aliphatic carbocycles. The van der Waals surface area contributed by atoms with Crippen molar-refractivity contribution >= 4 is 38.9 Å². The van der Waals surface area contributed by atoms with Crippen LogP contribution in [0.2, 0.25) is 5.02 Å². The van der Waals surface area contributed by atoms with E-state index < -0.39 is 10.0 Å². The molecule has 0 bridgehead atoms. The minimum Gasteiger partial charge on any atom is -0.497 e. The maximum atomic E-state index is 12.8. The highest BCUT2D eigenvalue weighted by Gasteiger charge is 2.19. The number of halogens is 1. The van der Waals surface area contributed by atoms with Gasteiger partial charge < -0.3 is 10.1 Å². The Morgan fingerprint density at radius 2 is 1.74 bits per heavy atom. The summed E-state index contributed by atoms with van der Waals surface area (Å²) in [7, 11) is -2.32. The third-order valence-corrected chi connectivity index (χ3v) is 6.28. The van der Waals surface area contributed by atoms with E-state index in [2.05, 4.69) is 25.4 Å². The van der Waals surface area contributed by atoms with E-state index >= 15 is 0 Å². The van der Waals surface area contributed by atoms with Crippen LogP contribution in [0.15, 0.2) is 77.7 Å². The first kappa shape index (κ1) is 23.2. The summed E-state index contributed by atoms with van der Waals surface area (Å²) < 4.78 is 33.2. The highest BCUT2D eigenvalue weighted by atomic mass is 35.5. The van der Waals surface area contributed by atoms with Crippen LogP contribution in [-0.2, 0) is 21.4 Å². The average Bonchev–Trinajstić information content (AvgIpc) is 3.28. The molecular formula is C22H19ClN6O4S. The van der Waals surface area contributed by atoms with Crippen LogP contribution < -0.4 is 14.8 Å². The van der Waals surface area contributed by atoms with E-state index in [4.69, 9.17) is 16.3 Å². The molecular weight excluding hydrogens is 480 g/mol. The SMILES string of the molecule is COc1ccc(NC(=O)Cn2nnc(-c3ccccc3NS(=O)(=O)c3ccc(Cl)cc3)n2)cc1. The Morgan fingerprint density at radius 3 is 2.44 bits per heavy atom. The lowest BCUT2D eigenvalue weighted by Crippen LogP contribution is -2.20. The summed E-state index contributed by atoms with van der Waals surface area (Å²) in [5.41, 5.74) is 1.26. The van der Waals surface area contributed by atoms with E-state index in [-0.39, 0.29) is 28.9 Å². The van der Waals surface area contributed by atoms with E-state index in [1.54, 1.807) is 55.6 Å². The van der Waals surface area contributed by atoms with Crippen molar-refractivity contribution in [3.63, 3.8) is 0 Å². The Labute approximate surface area is 200 Å². The Balaban J connectivity index is 1.49. The third kappa shape index (κ3) is 5.50. The summed E-state index contributed by atoms with van der Waals surface area (Å²) in [5.74, 6) is 0.475. The van der Waals surface area contributed by atoms with Crippen LogP contribution in [0.5, 0.6) is 5.75 Å². The molecule has 0 spiro atoms. The fourth-order valence-corrected chi connectivity index (χ4v) is 4.21. The minimum absolute atomic E-state index is 0.0542. The van der Waals surface area contributed by atoms with E-state index in [1.165, 1.54) is 24.3 Å². The van der Waals surface area contributed by atoms with Crippen LogP contribution >= 0.6 is 11.6 Å². The van der Waals surface area contributed by atoms with Crippen molar-refractivity contribution in [2.75, 3.05) is 17.1 Å². The Bertz CT molecular complexity index is 1410. The number of nitrogens with one attached hydrogen (secondary N) is 2. The first-order valence-electron chi connectivity index (χ1n) is 9.93. The largest absolute Gasteiger partial charge is 0.497 e. The van der Waals surface area contributed by atoms with Crippen molar-refractivity contribution < 1.29 is 17.9 Å². The van der Waals surface area contributed by atoms with Crippen molar-refractivity contribution in [3.8, 4) is 17.1 Å². The maximum Gasteiger partial charge on any atom is 0.261 e. The molecule has 0 unspecified atom stereocenters. The van der Waals surface area contributed by atoms with Gasteiger partial charge in [0, 0.05) is 16.3 Å². The first-order chi connectivity index (χ1) is 16.3. The molecule has 174 valence electrons. The van der Waals surface area contributed by atoms with Gasteiger partial charge in [0.2, 0.25) is 11.7 Å². The predicted molar refractivity (Wildman–Crippen MR) is 127 cm³/mol. The zero-order valence-corrected chi connectivity index (χ0v) is 19.4. The number of carbonyl (C=O) groups excluding carboxylic acids is 1.